The molecule has 1 amide bonds. The van der Waals surface area contributed by atoms with Crippen LogP contribution in [0.1, 0.15) is 38.4 Å². The van der Waals surface area contributed by atoms with Crippen molar-refractivity contribution in [3.8, 4) is 0 Å². The minimum absolute atomic E-state index is 0.0547. The number of carbonyl (C=O) groups is 1. The van der Waals surface area contributed by atoms with Crippen LogP contribution in [0.5, 0.6) is 0 Å². The van der Waals surface area contributed by atoms with Gasteiger partial charge < -0.3 is 5.32 Å². The normalized spacial score (nSPS) is 14.6. The van der Waals surface area contributed by atoms with E-state index in [2.05, 4.69) is 29.4 Å². The van der Waals surface area contributed by atoms with E-state index in [0.717, 1.165) is 40.4 Å². The number of carbonyl (C=O) groups excluding carboxylic acids is 1. The Labute approximate surface area is 144 Å². The number of hydrogen-bond donors (Lipinski definition) is 1. The van der Waals surface area contributed by atoms with E-state index in [-0.39, 0.29) is 11.8 Å². The van der Waals surface area contributed by atoms with Gasteiger partial charge in [-0.05, 0) is 25.0 Å². The Hall–Kier alpha value is -2.15. The molecule has 0 bridgehead atoms. The van der Waals surface area contributed by atoms with Gasteiger partial charge in [0.15, 0.2) is 10.8 Å². The summed E-state index contributed by atoms with van der Waals surface area (Å²) in [5.74, 6) is 1.55. The van der Waals surface area contributed by atoms with Crippen LogP contribution in [0.4, 0.5) is 0 Å². The van der Waals surface area contributed by atoms with Gasteiger partial charge in [-0.1, -0.05) is 37.7 Å². The van der Waals surface area contributed by atoms with Crippen molar-refractivity contribution >= 4 is 34.2 Å². The van der Waals surface area contributed by atoms with E-state index in [9.17, 15) is 4.79 Å². The summed E-state index contributed by atoms with van der Waals surface area (Å²) in [4.78, 5) is 16.7. The zero-order valence-corrected chi connectivity index (χ0v) is 14.5. The third-order valence-corrected chi connectivity index (χ3v) is 4.96. The lowest BCUT2D eigenvalue weighted by Gasteiger charge is -2.11. The third kappa shape index (κ3) is 2.84. The molecule has 4 rings (SSSR count). The van der Waals surface area contributed by atoms with Gasteiger partial charge in [0.2, 0.25) is 5.91 Å². The number of fused-ring (bicyclic) bond motifs is 3. The van der Waals surface area contributed by atoms with Crippen LogP contribution in [0, 0.1) is 0 Å². The Kier molecular flexibility index (Phi) is 3.88. The second-order valence-corrected chi connectivity index (χ2v) is 7.36. The molecule has 7 heteroatoms. The Bertz CT molecular complexity index is 916. The molecule has 6 nitrogen and oxygen atoms in total. The number of rotatable bonds is 5. The van der Waals surface area contributed by atoms with Crippen molar-refractivity contribution in [3.05, 3.63) is 30.1 Å². The Morgan fingerprint density at radius 1 is 1.33 bits per heavy atom. The van der Waals surface area contributed by atoms with E-state index in [0.29, 0.717) is 11.8 Å². The lowest BCUT2D eigenvalue weighted by molar-refractivity contribution is -0.118. The van der Waals surface area contributed by atoms with Crippen molar-refractivity contribution in [1.82, 2.24) is 24.9 Å². The molecule has 0 atom stereocenters. The molecule has 0 aliphatic heterocycles. The van der Waals surface area contributed by atoms with E-state index in [1.165, 1.54) is 11.8 Å². The second-order valence-electron chi connectivity index (χ2n) is 6.41. The van der Waals surface area contributed by atoms with Gasteiger partial charge in [-0.15, -0.1) is 10.2 Å². The molecule has 0 radical (unpaired) electrons. The van der Waals surface area contributed by atoms with Crippen molar-refractivity contribution < 1.29 is 4.79 Å². The fourth-order valence-electron chi connectivity index (χ4n) is 2.69. The van der Waals surface area contributed by atoms with Crippen molar-refractivity contribution in [2.45, 2.75) is 43.8 Å². The monoisotopic (exact) mass is 341 g/mol. The van der Waals surface area contributed by atoms with Crippen LogP contribution in [-0.4, -0.2) is 37.3 Å². The molecule has 1 aromatic carbocycles. The van der Waals surface area contributed by atoms with Crippen LogP contribution >= 0.6 is 11.8 Å². The predicted octanol–water partition coefficient (Wildman–Crippen LogP) is 2.77. The van der Waals surface area contributed by atoms with Crippen molar-refractivity contribution in [1.29, 1.82) is 0 Å². The molecule has 2 aromatic heterocycles. The summed E-state index contributed by atoms with van der Waals surface area (Å²) in [6, 6.07) is 8.33. The van der Waals surface area contributed by atoms with Crippen molar-refractivity contribution in [3.63, 3.8) is 0 Å². The topological polar surface area (TPSA) is 72.2 Å². The van der Waals surface area contributed by atoms with Crippen LogP contribution in [0.2, 0.25) is 0 Å². The zero-order chi connectivity index (χ0) is 16.7. The number of thioether (sulfide) groups is 1. The average molecular weight is 341 g/mol. The number of nitrogens with zero attached hydrogens (tertiary/aromatic N) is 4. The van der Waals surface area contributed by atoms with Gasteiger partial charge in [-0.2, -0.15) is 0 Å². The molecular formula is C17H19N5OS. The standard InChI is InChI=1S/C17H19N5OS/c1-10(2)15-19-13-6-4-3-5-12(13)16-20-21-17(22(15)16)24-9-14(23)18-11-7-8-11/h3-6,10-11H,7-9H2,1-2H3,(H,18,23). The Morgan fingerprint density at radius 2 is 2.12 bits per heavy atom. The molecule has 1 saturated carbocycles. The molecule has 1 aliphatic carbocycles. The van der Waals surface area contributed by atoms with Crippen LogP contribution in [0.15, 0.2) is 29.4 Å². The maximum atomic E-state index is 12.0. The third-order valence-electron chi connectivity index (χ3n) is 4.03. The number of aromatic nitrogens is 4. The fourth-order valence-corrected chi connectivity index (χ4v) is 3.44. The average Bonchev–Trinajstić information content (AvgIpc) is 3.28. The lowest BCUT2D eigenvalue weighted by Crippen LogP contribution is -2.27. The molecule has 0 spiro atoms. The van der Waals surface area contributed by atoms with Crippen LogP contribution in [-0.2, 0) is 4.79 Å². The van der Waals surface area contributed by atoms with Gasteiger partial charge in [0.1, 0.15) is 5.82 Å². The molecule has 3 aromatic rings. The molecule has 24 heavy (non-hydrogen) atoms. The number of nitrogens with one attached hydrogen (secondary N) is 1. The van der Waals surface area contributed by atoms with Crippen molar-refractivity contribution in [2.75, 3.05) is 5.75 Å². The molecule has 1 N–H and O–H groups in total. The first-order chi connectivity index (χ1) is 11.6. The summed E-state index contributed by atoms with van der Waals surface area (Å²) in [5, 5.41) is 13.4. The molecular weight excluding hydrogens is 322 g/mol. The summed E-state index contributed by atoms with van der Waals surface area (Å²) in [7, 11) is 0. The quantitative estimate of drug-likeness (QED) is 0.723. The molecule has 124 valence electrons. The van der Waals surface area contributed by atoms with E-state index < -0.39 is 0 Å². The number of benzene rings is 1. The second kappa shape index (κ2) is 6.05. The van der Waals surface area contributed by atoms with Gasteiger partial charge in [0.05, 0.1) is 11.3 Å². The molecule has 1 aliphatic rings. The first-order valence-corrected chi connectivity index (χ1v) is 9.18. The molecule has 1 fully saturated rings. The van der Waals surface area contributed by atoms with E-state index >= 15 is 0 Å². The van der Waals surface area contributed by atoms with Gasteiger partial charge in [0.25, 0.3) is 0 Å². The highest BCUT2D eigenvalue weighted by molar-refractivity contribution is 7.99. The smallest absolute Gasteiger partial charge is 0.230 e. The van der Waals surface area contributed by atoms with Gasteiger partial charge in [-0.3, -0.25) is 9.20 Å². The zero-order valence-electron chi connectivity index (χ0n) is 13.7. The number of para-hydroxylation sites is 1. The maximum absolute atomic E-state index is 12.0. The molecule has 0 saturated heterocycles. The summed E-state index contributed by atoms with van der Waals surface area (Å²) in [6.07, 6.45) is 2.19. The van der Waals surface area contributed by atoms with Crippen LogP contribution in [0.25, 0.3) is 16.6 Å². The fraction of sp³-hybridized carbons (Fsp3) is 0.412. The minimum Gasteiger partial charge on any atom is -0.353 e. The van der Waals surface area contributed by atoms with E-state index in [4.69, 9.17) is 4.98 Å². The lowest BCUT2D eigenvalue weighted by atomic mass is 10.2. The summed E-state index contributed by atoms with van der Waals surface area (Å²) < 4.78 is 1.99. The molecule has 2 heterocycles. The van der Waals surface area contributed by atoms with Crippen LogP contribution < -0.4 is 5.32 Å². The predicted molar refractivity (Wildman–Crippen MR) is 94.3 cm³/mol. The largest absolute Gasteiger partial charge is 0.353 e. The molecule has 0 unspecified atom stereocenters. The first kappa shape index (κ1) is 15.4. The van der Waals surface area contributed by atoms with E-state index in [1.807, 2.05) is 28.7 Å². The highest BCUT2D eigenvalue weighted by atomic mass is 32.2. The Balaban J connectivity index is 1.72. The van der Waals surface area contributed by atoms with Crippen LogP contribution in [0.3, 0.4) is 0 Å². The van der Waals surface area contributed by atoms with E-state index in [1.54, 1.807) is 0 Å². The highest BCUT2D eigenvalue weighted by Crippen LogP contribution is 2.27. The summed E-state index contributed by atoms with van der Waals surface area (Å²) >= 11 is 1.41. The SMILES string of the molecule is CC(C)c1nc2ccccc2c2nnc(SCC(=O)NC3CC3)n12. The number of amides is 1. The number of hydrogen-bond acceptors (Lipinski definition) is 5. The highest BCUT2D eigenvalue weighted by Gasteiger charge is 2.24. The van der Waals surface area contributed by atoms with Crippen molar-refractivity contribution in [2.24, 2.45) is 0 Å². The van der Waals surface area contributed by atoms with Gasteiger partial charge in [0, 0.05) is 17.3 Å². The summed E-state index contributed by atoms with van der Waals surface area (Å²) in [6.45, 7) is 4.20. The van der Waals surface area contributed by atoms with Gasteiger partial charge in [-0.25, -0.2) is 4.98 Å². The summed E-state index contributed by atoms with van der Waals surface area (Å²) in [5.41, 5.74) is 1.72. The Morgan fingerprint density at radius 3 is 2.88 bits per heavy atom. The maximum Gasteiger partial charge on any atom is 0.230 e. The van der Waals surface area contributed by atoms with Gasteiger partial charge >= 0.3 is 0 Å². The first-order valence-electron chi connectivity index (χ1n) is 8.19. The minimum atomic E-state index is 0.0547.